The molecular weight excluding hydrogens is 348 g/mol. The summed E-state index contributed by atoms with van der Waals surface area (Å²) in [4.78, 5) is 22.2. The summed E-state index contributed by atoms with van der Waals surface area (Å²) in [7, 11) is 5.02. The molecule has 0 fully saturated rings. The van der Waals surface area contributed by atoms with Crippen LogP contribution in [0.15, 0.2) is 30.5 Å². The van der Waals surface area contributed by atoms with E-state index in [1.54, 1.807) is 31.3 Å². The number of urea groups is 1. The molecule has 0 saturated carbocycles. The molecule has 0 bridgehead atoms. The molecule has 0 unspecified atom stereocenters. The number of ether oxygens (including phenoxy) is 2. The van der Waals surface area contributed by atoms with Crippen LogP contribution in [-0.4, -0.2) is 43.8 Å². The Kier molecular flexibility index (Phi) is 6.48. The van der Waals surface area contributed by atoms with Crippen LogP contribution in [0.1, 0.15) is 5.69 Å². The monoisotopic (exact) mass is 367 g/mol. The Hall–Kier alpha value is -3.17. The largest absolute Gasteiger partial charge is 0.497 e. The van der Waals surface area contributed by atoms with Gasteiger partial charge in [0.2, 0.25) is 5.95 Å². The van der Waals surface area contributed by atoms with E-state index in [0.717, 1.165) is 0 Å². The molecule has 0 saturated heterocycles. The van der Waals surface area contributed by atoms with Crippen molar-refractivity contribution in [1.82, 2.24) is 15.3 Å². The smallest absolute Gasteiger partial charge is 0.387 e. The van der Waals surface area contributed by atoms with E-state index in [1.165, 1.54) is 25.3 Å². The maximum Gasteiger partial charge on any atom is 0.387 e. The topological polar surface area (TPSA) is 88.6 Å². The summed E-state index contributed by atoms with van der Waals surface area (Å²) in [5, 5.41) is 5.04. The number of carbonyl (C=O) groups is 1. The van der Waals surface area contributed by atoms with Gasteiger partial charge in [0.15, 0.2) is 0 Å². The number of benzene rings is 1. The number of hydrogen-bond acceptors (Lipinski definition) is 6. The van der Waals surface area contributed by atoms with Gasteiger partial charge in [0.25, 0.3) is 0 Å². The molecule has 1 aromatic heterocycles. The van der Waals surface area contributed by atoms with Crippen molar-refractivity contribution in [1.29, 1.82) is 0 Å². The third-order valence-corrected chi connectivity index (χ3v) is 3.18. The molecule has 0 aliphatic carbocycles. The zero-order chi connectivity index (χ0) is 19.1. The first-order valence-electron chi connectivity index (χ1n) is 7.56. The average Bonchev–Trinajstić information content (AvgIpc) is 2.61. The van der Waals surface area contributed by atoms with Crippen molar-refractivity contribution in [2.75, 3.05) is 31.4 Å². The first-order valence-corrected chi connectivity index (χ1v) is 7.56. The van der Waals surface area contributed by atoms with E-state index in [4.69, 9.17) is 4.74 Å². The highest BCUT2D eigenvalue weighted by Crippen LogP contribution is 2.30. The minimum Gasteiger partial charge on any atom is -0.497 e. The molecule has 140 valence electrons. The van der Waals surface area contributed by atoms with E-state index in [0.29, 0.717) is 17.4 Å². The SMILES string of the molecule is COc1ccc(OC(F)F)c(NC(=O)NCc2ccnc(N(C)C)n2)c1. The van der Waals surface area contributed by atoms with Crippen molar-refractivity contribution in [3.8, 4) is 11.5 Å². The fourth-order valence-corrected chi connectivity index (χ4v) is 1.97. The van der Waals surface area contributed by atoms with E-state index in [1.807, 2.05) is 0 Å². The van der Waals surface area contributed by atoms with Gasteiger partial charge in [-0.1, -0.05) is 0 Å². The van der Waals surface area contributed by atoms with Crippen molar-refractivity contribution < 1.29 is 23.0 Å². The zero-order valence-electron chi connectivity index (χ0n) is 14.5. The molecule has 10 heteroatoms. The number of carbonyl (C=O) groups excluding carboxylic acids is 1. The maximum absolute atomic E-state index is 12.5. The van der Waals surface area contributed by atoms with E-state index in [2.05, 4.69) is 25.3 Å². The van der Waals surface area contributed by atoms with Crippen LogP contribution in [0.4, 0.5) is 25.2 Å². The molecule has 26 heavy (non-hydrogen) atoms. The number of anilines is 2. The summed E-state index contributed by atoms with van der Waals surface area (Å²) in [6, 6.07) is 5.16. The number of alkyl halides is 2. The van der Waals surface area contributed by atoms with Crippen molar-refractivity contribution in [2.45, 2.75) is 13.2 Å². The number of methoxy groups -OCH3 is 1. The van der Waals surface area contributed by atoms with Crippen molar-refractivity contribution >= 4 is 17.7 Å². The minimum absolute atomic E-state index is 0.0545. The Morgan fingerprint density at radius 2 is 2.08 bits per heavy atom. The second-order valence-corrected chi connectivity index (χ2v) is 5.29. The minimum atomic E-state index is -3.02. The normalized spacial score (nSPS) is 10.4. The molecule has 0 aliphatic heterocycles. The van der Waals surface area contributed by atoms with Gasteiger partial charge in [0.05, 0.1) is 25.0 Å². The number of nitrogens with one attached hydrogen (secondary N) is 2. The molecule has 0 radical (unpaired) electrons. The fourth-order valence-electron chi connectivity index (χ4n) is 1.97. The molecule has 8 nitrogen and oxygen atoms in total. The van der Waals surface area contributed by atoms with Gasteiger partial charge in [-0.25, -0.2) is 14.8 Å². The molecule has 0 aliphatic rings. The third kappa shape index (κ3) is 5.43. The molecule has 2 aromatic rings. The second kappa shape index (κ2) is 8.79. The standard InChI is InChI=1S/C16H19F2N5O3/c1-23(2)15-19-7-6-10(21-15)9-20-16(24)22-12-8-11(25-3)4-5-13(12)26-14(17)18/h4-8,14H,9H2,1-3H3,(H2,20,22,24). The number of aromatic nitrogens is 2. The van der Waals surface area contributed by atoms with Crippen molar-refractivity contribution in [3.63, 3.8) is 0 Å². The molecule has 0 atom stereocenters. The summed E-state index contributed by atoms with van der Waals surface area (Å²) in [5.41, 5.74) is 0.646. The van der Waals surface area contributed by atoms with E-state index >= 15 is 0 Å². The van der Waals surface area contributed by atoms with E-state index < -0.39 is 12.6 Å². The van der Waals surface area contributed by atoms with Gasteiger partial charge in [-0.05, 0) is 18.2 Å². The summed E-state index contributed by atoms with van der Waals surface area (Å²) < 4.78 is 34.4. The number of rotatable bonds is 7. The number of nitrogens with zero attached hydrogens (tertiary/aromatic N) is 3. The lowest BCUT2D eigenvalue weighted by Gasteiger charge is -2.14. The van der Waals surface area contributed by atoms with Gasteiger partial charge in [-0.15, -0.1) is 0 Å². The zero-order valence-corrected chi connectivity index (χ0v) is 14.5. The average molecular weight is 367 g/mol. The van der Waals surface area contributed by atoms with Crippen LogP contribution in [0, 0.1) is 0 Å². The lowest BCUT2D eigenvalue weighted by atomic mass is 10.2. The van der Waals surface area contributed by atoms with Gasteiger partial charge < -0.3 is 25.0 Å². The van der Waals surface area contributed by atoms with Crippen molar-refractivity contribution in [2.24, 2.45) is 0 Å². The van der Waals surface area contributed by atoms with Gasteiger partial charge in [0.1, 0.15) is 11.5 Å². The van der Waals surface area contributed by atoms with E-state index in [9.17, 15) is 13.6 Å². The number of halogens is 2. The van der Waals surface area contributed by atoms with Crippen LogP contribution in [0.25, 0.3) is 0 Å². The fraction of sp³-hybridized carbons (Fsp3) is 0.312. The highest BCUT2D eigenvalue weighted by Gasteiger charge is 2.13. The predicted molar refractivity (Wildman–Crippen MR) is 91.8 cm³/mol. The first-order chi connectivity index (χ1) is 12.4. The highest BCUT2D eigenvalue weighted by molar-refractivity contribution is 5.91. The molecule has 2 amide bonds. The van der Waals surface area contributed by atoms with Crippen LogP contribution in [-0.2, 0) is 6.54 Å². The lowest BCUT2D eigenvalue weighted by Crippen LogP contribution is -2.29. The Balaban J connectivity index is 2.04. The summed E-state index contributed by atoms with van der Waals surface area (Å²) in [6.45, 7) is -2.89. The summed E-state index contributed by atoms with van der Waals surface area (Å²) >= 11 is 0. The summed E-state index contributed by atoms with van der Waals surface area (Å²) in [6.07, 6.45) is 1.58. The maximum atomic E-state index is 12.5. The number of amides is 2. The lowest BCUT2D eigenvalue weighted by molar-refractivity contribution is -0.0493. The molecule has 1 heterocycles. The van der Waals surface area contributed by atoms with Crippen LogP contribution in [0.5, 0.6) is 11.5 Å². The quantitative estimate of drug-likeness (QED) is 0.782. The van der Waals surface area contributed by atoms with Crippen LogP contribution < -0.4 is 25.0 Å². The Morgan fingerprint density at radius 3 is 2.73 bits per heavy atom. The molecular formula is C16H19F2N5O3. The first kappa shape index (κ1) is 19.2. The third-order valence-electron chi connectivity index (χ3n) is 3.18. The van der Waals surface area contributed by atoms with Gasteiger partial charge in [0, 0.05) is 26.4 Å². The second-order valence-electron chi connectivity index (χ2n) is 5.29. The Bertz CT molecular complexity index is 758. The summed E-state index contributed by atoms with van der Waals surface area (Å²) in [5.74, 6) is 0.714. The van der Waals surface area contributed by atoms with Crippen LogP contribution in [0.3, 0.4) is 0 Å². The van der Waals surface area contributed by atoms with Crippen LogP contribution >= 0.6 is 0 Å². The highest BCUT2D eigenvalue weighted by atomic mass is 19.3. The Labute approximate surface area is 149 Å². The molecule has 1 aromatic carbocycles. The number of hydrogen-bond donors (Lipinski definition) is 2. The molecule has 2 rings (SSSR count). The van der Waals surface area contributed by atoms with Crippen molar-refractivity contribution in [3.05, 3.63) is 36.2 Å². The predicted octanol–water partition coefficient (Wildman–Crippen LogP) is 2.47. The van der Waals surface area contributed by atoms with Gasteiger partial charge >= 0.3 is 12.6 Å². The van der Waals surface area contributed by atoms with Gasteiger partial charge in [-0.2, -0.15) is 8.78 Å². The van der Waals surface area contributed by atoms with E-state index in [-0.39, 0.29) is 18.0 Å². The molecule has 2 N–H and O–H groups in total. The molecule has 0 spiro atoms. The van der Waals surface area contributed by atoms with Crippen LogP contribution in [0.2, 0.25) is 0 Å². The van der Waals surface area contributed by atoms with Gasteiger partial charge in [-0.3, -0.25) is 0 Å². The Morgan fingerprint density at radius 1 is 1.31 bits per heavy atom.